The first-order valence-electron chi connectivity index (χ1n) is 13.3. The Morgan fingerprint density at radius 3 is 1.74 bits per heavy atom. The minimum Gasteiger partial charge on any atom is -0.465 e. The average molecular weight is 545 g/mol. The van der Waals surface area contributed by atoms with Crippen molar-refractivity contribution in [1.29, 1.82) is 0 Å². The number of nitrogens with one attached hydrogen (secondary N) is 2. The SMILES string of the molecule is CCCC(C)(C)C(=O)OCC(COCC(=O)NCCC(=O)NCC)(COC(=O)C(C)C)COC(=O)C(C)C. The lowest BCUT2D eigenvalue weighted by Crippen LogP contribution is -2.45. The molecule has 0 aromatic rings. The molecule has 0 aromatic carbocycles. The third-order valence-electron chi connectivity index (χ3n) is 5.61. The van der Waals surface area contributed by atoms with Gasteiger partial charge in [0, 0.05) is 19.5 Å². The van der Waals surface area contributed by atoms with E-state index in [1.807, 2.05) is 6.92 Å². The molecule has 0 heterocycles. The van der Waals surface area contributed by atoms with Crippen molar-refractivity contribution in [3.63, 3.8) is 0 Å². The molecule has 0 saturated carbocycles. The Balaban J connectivity index is 5.57. The van der Waals surface area contributed by atoms with Gasteiger partial charge in [-0.05, 0) is 27.2 Å². The third-order valence-corrected chi connectivity index (χ3v) is 5.61. The number of ether oxygens (including phenoxy) is 4. The molecule has 0 unspecified atom stereocenters. The van der Waals surface area contributed by atoms with Gasteiger partial charge in [-0.3, -0.25) is 24.0 Å². The summed E-state index contributed by atoms with van der Waals surface area (Å²) in [4.78, 5) is 61.1. The van der Waals surface area contributed by atoms with Crippen LogP contribution in [-0.2, 0) is 42.9 Å². The number of rotatable bonds is 19. The maximum atomic E-state index is 12.8. The molecule has 0 fully saturated rings. The zero-order chi connectivity index (χ0) is 29.4. The molecule has 0 radical (unpaired) electrons. The smallest absolute Gasteiger partial charge is 0.311 e. The number of hydrogen-bond acceptors (Lipinski definition) is 9. The van der Waals surface area contributed by atoms with Crippen molar-refractivity contribution in [2.45, 2.75) is 74.7 Å². The maximum Gasteiger partial charge on any atom is 0.311 e. The first-order valence-corrected chi connectivity index (χ1v) is 13.3. The minimum atomic E-state index is -1.24. The Hall–Kier alpha value is -2.69. The summed E-state index contributed by atoms with van der Waals surface area (Å²) in [5.41, 5.74) is -1.98. The fourth-order valence-electron chi connectivity index (χ4n) is 3.19. The zero-order valence-electron chi connectivity index (χ0n) is 24.4. The number of hydrogen-bond donors (Lipinski definition) is 2. The first kappa shape index (κ1) is 35.3. The summed E-state index contributed by atoms with van der Waals surface area (Å²) in [6.45, 7) is 13.4. The van der Waals surface area contributed by atoms with Crippen LogP contribution in [0, 0.1) is 22.7 Å². The summed E-state index contributed by atoms with van der Waals surface area (Å²) < 4.78 is 22.2. The maximum absolute atomic E-state index is 12.8. The normalized spacial score (nSPS) is 11.7. The van der Waals surface area contributed by atoms with Crippen LogP contribution in [0.2, 0.25) is 0 Å². The summed E-state index contributed by atoms with van der Waals surface area (Å²) in [6, 6.07) is 0. The van der Waals surface area contributed by atoms with Crippen LogP contribution in [0.5, 0.6) is 0 Å². The topological polar surface area (TPSA) is 146 Å². The van der Waals surface area contributed by atoms with Gasteiger partial charge < -0.3 is 29.6 Å². The van der Waals surface area contributed by atoms with E-state index in [4.69, 9.17) is 18.9 Å². The van der Waals surface area contributed by atoms with Gasteiger partial charge in [0.05, 0.1) is 29.3 Å². The van der Waals surface area contributed by atoms with Crippen molar-refractivity contribution in [3.05, 3.63) is 0 Å². The van der Waals surface area contributed by atoms with E-state index in [1.165, 1.54) is 0 Å². The molecule has 0 atom stereocenters. The van der Waals surface area contributed by atoms with Crippen molar-refractivity contribution in [2.24, 2.45) is 22.7 Å². The van der Waals surface area contributed by atoms with E-state index in [1.54, 1.807) is 48.5 Å². The highest BCUT2D eigenvalue weighted by atomic mass is 16.6. The van der Waals surface area contributed by atoms with E-state index < -0.39 is 46.5 Å². The van der Waals surface area contributed by atoms with Crippen LogP contribution in [0.25, 0.3) is 0 Å². The third kappa shape index (κ3) is 14.3. The quantitative estimate of drug-likeness (QED) is 0.185. The molecule has 0 aliphatic rings. The summed E-state index contributed by atoms with van der Waals surface area (Å²) in [6.07, 6.45) is 1.52. The summed E-state index contributed by atoms with van der Waals surface area (Å²) in [5.74, 6) is -2.86. The standard InChI is InChI=1S/C27H48N2O9/c1-9-12-26(7,8)25(34)38-18-27(16-36-23(32)19(3)4,17-37-24(33)20(5)6)15-35-14-22(31)29-13-11-21(30)28-10-2/h19-20H,9-18H2,1-8H3,(H,28,30)(H,29,31). The van der Waals surface area contributed by atoms with E-state index in [0.717, 1.165) is 6.42 Å². The molecule has 0 rings (SSSR count). The molecule has 0 aliphatic heterocycles. The van der Waals surface area contributed by atoms with E-state index >= 15 is 0 Å². The lowest BCUT2D eigenvalue weighted by atomic mass is 9.87. The molecule has 2 amide bonds. The van der Waals surface area contributed by atoms with E-state index in [2.05, 4.69) is 10.6 Å². The van der Waals surface area contributed by atoms with Crippen LogP contribution in [0.1, 0.15) is 74.7 Å². The minimum absolute atomic E-state index is 0.128. The molecule has 0 bridgehead atoms. The highest BCUT2D eigenvalue weighted by Gasteiger charge is 2.39. The Kier molecular flexibility index (Phi) is 16.5. The molecular formula is C27H48N2O9. The van der Waals surface area contributed by atoms with E-state index in [0.29, 0.717) is 13.0 Å². The molecular weight excluding hydrogens is 496 g/mol. The highest BCUT2D eigenvalue weighted by molar-refractivity contribution is 5.79. The molecule has 0 aliphatic carbocycles. The van der Waals surface area contributed by atoms with Crippen molar-refractivity contribution < 1.29 is 42.9 Å². The number of amides is 2. The Labute approximate surface area is 227 Å². The lowest BCUT2D eigenvalue weighted by molar-refractivity contribution is -0.175. The fourth-order valence-corrected chi connectivity index (χ4v) is 3.19. The second-order valence-corrected chi connectivity index (χ2v) is 10.8. The molecule has 11 nitrogen and oxygen atoms in total. The fraction of sp³-hybridized carbons (Fsp3) is 0.815. The first-order chi connectivity index (χ1) is 17.7. The zero-order valence-corrected chi connectivity index (χ0v) is 24.4. The van der Waals surface area contributed by atoms with Crippen molar-refractivity contribution in [1.82, 2.24) is 10.6 Å². The van der Waals surface area contributed by atoms with E-state index in [-0.39, 0.29) is 51.9 Å². The van der Waals surface area contributed by atoms with Crippen LogP contribution in [0.3, 0.4) is 0 Å². The largest absolute Gasteiger partial charge is 0.465 e. The molecule has 220 valence electrons. The monoisotopic (exact) mass is 544 g/mol. The van der Waals surface area contributed by atoms with Crippen LogP contribution in [0.15, 0.2) is 0 Å². The predicted molar refractivity (Wildman–Crippen MR) is 141 cm³/mol. The van der Waals surface area contributed by atoms with Gasteiger partial charge in [0.25, 0.3) is 0 Å². The molecule has 0 aromatic heterocycles. The van der Waals surface area contributed by atoms with Gasteiger partial charge in [-0.15, -0.1) is 0 Å². The van der Waals surface area contributed by atoms with E-state index in [9.17, 15) is 24.0 Å². The summed E-state index contributed by atoms with van der Waals surface area (Å²) >= 11 is 0. The van der Waals surface area contributed by atoms with Gasteiger partial charge >= 0.3 is 17.9 Å². The average Bonchev–Trinajstić information content (AvgIpc) is 2.83. The molecule has 0 saturated heterocycles. The van der Waals surface area contributed by atoms with Crippen molar-refractivity contribution in [2.75, 3.05) is 46.1 Å². The second kappa shape index (κ2) is 17.8. The van der Waals surface area contributed by atoms with Gasteiger partial charge in [-0.1, -0.05) is 41.0 Å². The van der Waals surface area contributed by atoms with Crippen LogP contribution >= 0.6 is 0 Å². The highest BCUT2D eigenvalue weighted by Crippen LogP contribution is 2.27. The number of carbonyl (C=O) groups is 5. The Bertz CT molecular complexity index is 755. The Morgan fingerprint density at radius 2 is 1.26 bits per heavy atom. The summed E-state index contributed by atoms with van der Waals surface area (Å²) in [7, 11) is 0. The van der Waals surface area contributed by atoms with Crippen LogP contribution < -0.4 is 10.6 Å². The Morgan fingerprint density at radius 1 is 0.737 bits per heavy atom. The van der Waals surface area contributed by atoms with Crippen molar-refractivity contribution in [3.8, 4) is 0 Å². The second-order valence-electron chi connectivity index (χ2n) is 10.8. The van der Waals surface area contributed by atoms with Crippen LogP contribution in [0.4, 0.5) is 0 Å². The van der Waals surface area contributed by atoms with Gasteiger partial charge in [0.15, 0.2) is 0 Å². The van der Waals surface area contributed by atoms with Gasteiger partial charge in [-0.25, -0.2) is 0 Å². The molecule has 38 heavy (non-hydrogen) atoms. The summed E-state index contributed by atoms with van der Waals surface area (Å²) in [5, 5.41) is 5.23. The van der Waals surface area contributed by atoms with Gasteiger partial charge in [0.2, 0.25) is 11.8 Å². The predicted octanol–water partition coefficient (Wildman–Crippen LogP) is 2.40. The van der Waals surface area contributed by atoms with Crippen LogP contribution in [-0.4, -0.2) is 75.8 Å². The molecule has 2 N–H and O–H groups in total. The van der Waals surface area contributed by atoms with Crippen molar-refractivity contribution >= 4 is 29.7 Å². The molecule has 0 spiro atoms. The lowest BCUT2D eigenvalue weighted by Gasteiger charge is -2.33. The number of carbonyl (C=O) groups excluding carboxylic acids is 5. The number of esters is 3. The van der Waals surface area contributed by atoms with Gasteiger partial charge in [-0.2, -0.15) is 0 Å². The van der Waals surface area contributed by atoms with Gasteiger partial charge in [0.1, 0.15) is 26.4 Å². The molecule has 11 heteroatoms.